The number of rotatable bonds is 5. The second kappa shape index (κ2) is 10.2. The Kier molecular flexibility index (Phi) is 9.01. The second-order valence-corrected chi connectivity index (χ2v) is 8.53. The molecule has 0 aliphatic rings. The first kappa shape index (κ1) is 22.9. The summed E-state index contributed by atoms with van der Waals surface area (Å²) < 4.78 is 0. The Hall–Kier alpha value is -1.17. The fourth-order valence-electron chi connectivity index (χ4n) is 3.30. The van der Waals surface area contributed by atoms with Crippen LogP contribution < -0.4 is 20.0 Å². The van der Waals surface area contributed by atoms with Crippen molar-refractivity contribution in [1.82, 2.24) is 0 Å². The van der Waals surface area contributed by atoms with Crippen LogP contribution in [-0.2, 0) is 26.2 Å². The normalized spacial score (nSPS) is 10.4. The quantitative estimate of drug-likeness (QED) is 0.292. The molecule has 0 N–H and O–H groups in total. The van der Waals surface area contributed by atoms with Gasteiger partial charge in [0, 0.05) is 0 Å². The van der Waals surface area contributed by atoms with Crippen molar-refractivity contribution >= 4 is 40.1 Å². The summed E-state index contributed by atoms with van der Waals surface area (Å²) in [5.41, 5.74) is 0. The maximum Gasteiger partial charge on any atom is 4.00 e. The Labute approximate surface area is 173 Å². The average Bonchev–Trinajstić information content (AvgIpc) is 3.19. The second-order valence-electron chi connectivity index (χ2n) is 6.19. The largest absolute Gasteiger partial charge is 4.00 e. The van der Waals surface area contributed by atoms with Crippen LogP contribution in [0.3, 0.4) is 0 Å². The molecule has 26 heavy (non-hydrogen) atoms. The zero-order valence-corrected chi connectivity index (χ0v) is 18.1. The summed E-state index contributed by atoms with van der Waals surface area (Å²) in [6.07, 6.45) is 3.85. The van der Waals surface area contributed by atoms with Gasteiger partial charge in [-0.05, 0) is 12.6 Å². The van der Waals surface area contributed by atoms with E-state index < -0.39 is 0 Å². The third-order valence-corrected chi connectivity index (χ3v) is 7.09. The van der Waals surface area contributed by atoms with E-state index >= 15 is 0 Å². The average molecular weight is 446 g/mol. The van der Waals surface area contributed by atoms with E-state index in [0.29, 0.717) is 0 Å². The Morgan fingerprint density at radius 3 is 1.65 bits per heavy atom. The molecule has 0 saturated heterocycles. The van der Waals surface area contributed by atoms with Gasteiger partial charge < -0.3 is 9.41 Å². The van der Waals surface area contributed by atoms with Crippen LogP contribution >= 0.6 is 7.92 Å². The molecule has 0 spiro atoms. The van der Waals surface area contributed by atoms with Crippen molar-refractivity contribution in [1.29, 1.82) is 0 Å². The predicted molar refractivity (Wildman–Crippen MR) is 105 cm³/mol. The van der Waals surface area contributed by atoms with Crippen molar-refractivity contribution in [3.8, 4) is 0 Å². The molecule has 0 fully saturated rings. The predicted octanol–water partition coefficient (Wildman–Crippen LogP) is -0.331. The van der Waals surface area contributed by atoms with Gasteiger partial charge in [-0.25, -0.2) is 0 Å². The van der Waals surface area contributed by atoms with Crippen LogP contribution in [0.1, 0.15) is 19.8 Å². The molecule has 0 atom stereocenters. The molecule has 0 aliphatic heterocycles. The molecule has 0 aromatic heterocycles. The zero-order valence-electron chi connectivity index (χ0n) is 14.8. The number of hydrogen-bond acceptors (Lipinski definition) is 0. The number of fused-ring (bicyclic) bond motifs is 2. The molecule has 4 aromatic carbocycles. The first-order valence-corrected chi connectivity index (χ1v) is 9.96. The minimum absolute atomic E-state index is 0. The van der Waals surface area contributed by atoms with Gasteiger partial charge in [0.1, 0.15) is 0 Å². The number of benzene rings is 2. The zero-order chi connectivity index (χ0) is 15.6. The Morgan fingerprint density at radius 1 is 0.769 bits per heavy atom. The van der Waals surface area contributed by atoms with Gasteiger partial charge in [-0.3, -0.25) is 0 Å². The minimum atomic E-state index is -0.250. The number of halogens is 2. The molecule has 0 bridgehead atoms. The molecule has 4 heteroatoms. The third-order valence-electron chi connectivity index (χ3n) is 4.56. The van der Waals surface area contributed by atoms with Gasteiger partial charge in [0.2, 0.25) is 0 Å². The summed E-state index contributed by atoms with van der Waals surface area (Å²) in [5.74, 6) is 0. The topological polar surface area (TPSA) is 0 Å². The molecule has 0 radical (unpaired) electrons. The van der Waals surface area contributed by atoms with Gasteiger partial charge in [0.05, 0.1) is 0 Å². The van der Waals surface area contributed by atoms with Crippen molar-refractivity contribution in [3.63, 3.8) is 0 Å². The number of hydrogen-bond donors (Lipinski definition) is 0. The van der Waals surface area contributed by atoms with E-state index in [0.717, 1.165) is 0 Å². The summed E-state index contributed by atoms with van der Waals surface area (Å²) in [4.78, 5) is 0. The first-order valence-electron chi connectivity index (χ1n) is 8.43. The maximum absolute atomic E-state index is 2.41. The summed E-state index contributed by atoms with van der Waals surface area (Å²) in [6, 6.07) is 27.1. The monoisotopic (exact) mass is 444 g/mol. The molecule has 0 nitrogen and oxygen atoms in total. The fraction of sp³-hybridized carbons (Fsp3) is 0.182. The van der Waals surface area contributed by atoms with E-state index in [1.54, 1.807) is 0 Å². The molecule has 0 amide bonds. The van der Waals surface area contributed by atoms with Crippen LogP contribution in [0.15, 0.2) is 72.8 Å². The fourth-order valence-corrected chi connectivity index (χ4v) is 5.93. The molecular weight excluding hydrogens is 424 g/mol. The van der Waals surface area contributed by atoms with E-state index in [1.807, 2.05) is 0 Å². The molecule has 132 valence electrons. The Morgan fingerprint density at radius 2 is 1.23 bits per heavy atom. The van der Waals surface area contributed by atoms with Gasteiger partial charge in [-0.15, -0.1) is 80.7 Å². The van der Waals surface area contributed by atoms with Crippen molar-refractivity contribution < 1.29 is 35.6 Å². The van der Waals surface area contributed by atoms with Crippen molar-refractivity contribution in [2.75, 3.05) is 6.16 Å². The molecule has 0 aliphatic carbocycles. The van der Waals surface area contributed by atoms with Gasteiger partial charge in [0.25, 0.3) is 0 Å². The van der Waals surface area contributed by atoms with E-state index in [2.05, 4.69) is 79.7 Å². The smallest absolute Gasteiger partial charge is 1.00 e. The van der Waals surface area contributed by atoms with Gasteiger partial charge >= 0.3 is 26.2 Å². The van der Waals surface area contributed by atoms with Crippen LogP contribution in [-0.4, -0.2) is 6.16 Å². The summed E-state index contributed by atoms with van der Waals surface area (Å²) in [7, 11) is -0.250. The Balaban J connectivity index is 0.00000113. The Bertz CT molecular complexity index is 801. The maximum atomic E-state index is 2.41. The van der Waals surface area contributed by atoms with Crippen molar-refractivity contribution in [2.45, 2.75) is 19.8 Å². The van der Waals surface area contributed by atoms with E-state index in [1.165, 1.54) is 51.2 Å². The molecule has 0 saturated carbocycles. The van der Waals surface area contributed by atoms with Crippen LogP contribution in [0.2, 0.25) is 0 Å². The summed E-state index contributed by atoms with van der Waals surface area (Å²) in [5, 5.41) is 8.57. The SMILES string of the molecule is CCCCP(c1cc2ccccc2[cH-]1)c1cc2ccccc2[cH-]1.[F-].[F-].[Zr+4]. The van der Waals surface area contributed by atoms with Crippen molar-refractivity contribution in [3.05, 3.63) is 72.8 Å². The van der Waals surface area contributed by atoms with Crippen LogP contribution in [0.4, 0.5) is 0 Å². The van der Waals surface area contributed by atoms with E-state index in [9.17, 15) is 0 Å². The number of unbranched alkanes of at least 4 members (excludes halogenated alkanes) is 1. The van der Waals surface area contributed by atoms with Gasteiger partial charge in [-0.2, -0.15) is 12.1 Å². The van der Waals surface area contributed by atoms with Gasteiger partial charge in [-0.1, -0.05) is 33.4 Å². The molecular formula is C22H21F2PZr. The van der Waals surface area contributed by atoms with Crippen molar-refractivity contribution in [2.24, 2.45) is 0 Å². The molecule has 0 unspecified atom stereocenters. The van der Waals surface area contributed by atoms with Crippen LogP contribution in [0.5, 0.6) is 0 Å². The van der Waals surface area contributed by atoms with Gasteiger partial charge in [0.15, 0.2) is 0 Å². The van der Waals surface area contributed by atoms with Crippen LogP contribution in [0, 0.1) is 0 Å². The third kappa shape index (κ3) is 4.56. The molecule has 4 aromatic rings. The van der Waals surface area contributed by atoms with E-state index in [-0.39, 0.29) is 43.5 Å². The van der Waals surface area contributed by atoms with E-state index in [4.69, 9.17) is 0 Å². The molecule has 4 rings (SSSR count). The summed E-state index contributed by atoms with van der Waals surface area (Å²) >= 11 is 0. The van der Waals surface area contributed by atoms with Crippen LogP contribution in [0.25, 0.3) is 21.5 Å². The minimum Gasteiger partial charge on any atom is -1.00 e. The summed E-state index contributed by atoms with van der Waals surface area (Å²) in [6.45, 7) is 2.29. The molecule has 0 heterocycles. The first-order chi connectivity index (χ1) is 11.3. The standard InChI is InChI=1S/C22H21P.2FH.Zr/c1-2-3-12-23(21-13-17-8-4-5-9-18(17)14-21)22-15-19-10-6-7-11-20(19)16-22;;;/h4-11,13-16H,2-3,12H2,1H3;2*1H;/q-2;;;+4/p-2.